The van der Waals surface area contributed by atoms with E-state index in [0.29, 0.717) is 5.92 Å². The Bertz CT molecular complexity index is 278. The maximum absolute atomic E-state index is 5.60. The van der Waals surface area contributed by atoms with Gasteiger partial charge in [0.2, 0.25) is 0 Å². The van der Waals surface area contributed by atoms with Gasteiger partial charge >= 0.3 is 0 Å². The van der Waals surface area contributed by atoms with Gasteiger partial charge in [-0.25, -0.2) is 0 Å². The molecule has 1 nitrogen and oxygen atoms in total. The van der Waals surface area contributed by atoms with E-state index >= 15 is 0 Å². The molecule has 1 rings (SSSR count). The van der Waals surface area contributed by atoms with Crippen LogP contribution in [0.4, 0.5) is 0 Å². The lowest BCUT2D eigenvalue weighted by atomic mass is 9.96. The van der Waals surface area contributed by atoms with Crippen molar-refractivity contribution >= 4 is 0 Å². The van der Waals surface area contributed by atoms with Crippen molar-refractivity contribution in [2.45, 2.75) is 27.2 Å². The Morgan fingerprint density at radius 1 is 1.31 bits per heavy atom. The fourth-order valence-electron chi connectivity index (χ4n) is 1.53. The minimum Gasteiger partial charge on any atom is -0.330 e. The summed E-state index contributed by atoms with van der Waals surface area (Å²) in [6.45, 7) is 7.27. The molecule has 1 aromatic carbocycles. The molecule has 0 saturated carbocycles. The number of benzene rings is 1. The quantitative estimate of drug-likeness (QED) is 0.754. The van der Waals surface area contributed by atoms with Crippen LogP contribution >= 0.6 is 0 Å². The van der Waals surface area contributed by atoms with Crippen molar-refractivity contribution in [2.24, 2.45) is 11.7 Å². The van der Waals surface area contributed by atoms with E-state index in [0.717, 1.165) is 13.0 Å². The third-order valence-corrected chi connectivity index (χ3v) is 2.47. The zero-order valence-electron chi connectivity index (χ0n) is 8.80. The van der Waals surface area contributed by atoms with Gasteiger partial charge in [0.05, 0.1) is 0 Å². The summed E-state index contributed by atoms with van der Waals surface area (Å²) in [5.74, 6) is 0.585. The number of hydrogen-bond donors (Lipinski definition) is 1. The Kier molecular flexibility index (Phi) is 3.49. The predicted molar refractivity (Wildman–Crippen MR) is 57.8 cm³/mol. The lowest BCUT2D eigenvalue weighted by molar-refractivity contribution is 0.591. The van der Waals surface area contributed by atoms with E-state index in [2.05, 4.69) is 39.0 Å². The van der Waals surface area contributed by atoms with Crippen LogP contribution in [0.25, 0.3) is 0 Å². The van der Waals surface area contributed by atoms with Crippen molar-refractivity contribution in [2.75, 3.05) is 6.54 Å². The average Bonchev–Trinajstić information content (AvgIpc) is 2.09. The molecule has 0 aliphatic carbocycles. The monoisotopic (exact) mass is 177 g/mol. The first-order chi connectivity index (χ1) is 6.13. The molecule has 13 heavy (non-hydrogen) atoms. The zero-order chi connectivity index (χ0) is 9.84. The van der Waals surface area contributed by atoms with E-state index in [1.165, 1.54) is 16.7 Å². The minimum atomic E-state index is 0.585. The van der Waals surface area contributed by atoms with Crippen LogP contribution in [0.3, 0.4) is 0 Å². The molecule has 72 valence electrons. The zero-order valence-corrected chi connectivity index (χ0v) is 8.80. The van der Waals surface area contributed by atoms with E-state index < -0.39 is 0 Å². The third-order valence-electron chi connectivity index (χ3n) is 2.47. The van der Waals surface area contributed by atoms with Crippen molar-refractivity contribution in [3.8, 4) is 0 Å². The maximum Gasteiger partial charge on any atom is -0.00483 e. The van der Waals surface area contributed by atoms with E-state index in [1.807, 2.05) is 0 Å². The molecule has 0 bridgehead atoms. The summed E-state index contributed by atoms with van der Waals surface area (Å²) in [6, 6.07) is 6.63. The first kappa shape index (κ1) is 10.3. The van der Waals surface area contributed by atoms with Crippen LogP contribution in [0.15, 0.2) is 18.2 Å². The largest absolute Gasteiger partial charge is 0.330 e. The van der Waals surface area contributed by atoms with Crippen LogP contribution in [0.2, 0.25) is 0 Å². The highest BCUT2D eigenvalue weighted by atomic mass is 14.5. The van der Waals surface area contributed by atoms with Gasteiger partial charge in [-0.1, -0.05) is 30.7 Å². The summed E-state index contributed by atoms with van der Waals surface area (Å²) in [5.41, 5.74) is 9.76. The highest BCUT2D eigenvalue weighted by molar-refractivity contribution is 5.30. The highest BCUT2D eigenvalue weighted by Gasteiger charge is 2.03. The molecule has 1 heteroatoms. The average molecular weight is 177 g/mol. The van der Waals surface area contributed by atoms with Crippen LogP contribution < -0.4 is 5.73 Å². The van der Waals surface area contributed by atoms with Crippen LogP contribution in [0.1, 0.15) is 23.6 Å². The van der Waals surface area contributed by atoms with Gasteiger partial charge in [-0.15, -0.1) is 0 Å². The molecule has 1 aromatic rings. The first-order valence-corrected chi connectivity index (χ1v) is 4.89. The van der Waals surface area contributed by atoms with Crippen molar-refractivity contribution in [1.29, 1.82) is 0 Å². The second-order valence-corrected chi connectivity index (χ2v) is 3.97. The summed E-state index contributed by atoms with van der Waals surface area (Å²) >= 11 is 0. The Labute approximate surface area is 81.0 Å². The normalized spacial score (nSPS) is 12.9. The van der Waals surface area contributed by atoms with Crippen molar-refractivity contribution < 1.29 is 0 Å². The predicted octanol–water partition coefficient (Wildman–Crippen LogP) is 2.44. The highest BCUT2D eigenvalue weighted by Crippen LogP contribution is 2.14. The summed E-state index contributed by atoms with van der Waals surface area (Å²) in [6.07, 6.45) is 1.10. The maximum atomic E-state index is 5.60. The van der Waals surface area contributed by atoms with Crippen molar-refractivity contribution in [3.63, 3.8) is 0 Å². The molecular weight excluding hydrogens is 158 g/mol. The Balaban J connectivity index is 2.77. The SMILES string of the molecule is Cc1ccc(CC(C)CN)c(C)c1. The van der Waals surface area contributed by atoms with Crippen molar-refractivity contribution in [3.05, 3.63) is 34.9 Å². The summed E-state index contributed by atoms with van der Waals surface area (Å²) in [4.78, 5) is 0. The van der Waals surface area contributed by atoms with Gasteiger partial charge in [-0.3, -0.25) is 0 Å². The first-order valence-electron chi connectivity index (χ1n) is 4.89. The molecule has 1 unspecified atom stereocenters. The number of nitrogens with two attached hydrogens (primary N) is 1. The molecule has 0 aromatic heterocycles. The van der Waals surface area contributed by atoms with Gasteiger partial charge in [0.15, 0.2) is 0 Å². The van der Waals surface area contributed by atoms with Gasteiger partial charge in [0.25, 0.3) is 0 Å². The van der Waals surface area contributed by atoms with E-state index in [4.69, 9.17) is 5.73 Å². The molecule has 1 atom stereocenters. The third kappa shape index (κ3) is 2.85. The smallest absolute Gasteiger partial charge is 0.00483 e. The molecule has 0 spiro atoms. The molecule has 0 fully saturated rings. The Hall–Kier alpha value is -0.820. The molecule has 2 N–H and O–H groups in total. The van der Waals surface area contributed by atoms with E-state index in [1.54, 1.807) is 0 Å². The fraction of sp³-hybridized carbons (Fsp3) is 0.500. The van der Waals surface area contributed by atoms with Gasteiger partial charge in [-0.2, -0.15) is 0 Å². The standard InChI is InChI=1S/C12H19N/c1-9-4-5-12(11(3)6-9)7-10(2)8-13/h4-6,10H,7-8,13H2,1-3H3. The molecule has 0 aliphatic rings. The molecule has 0 heterocycles. The molecule has 0 aliphatic heterocycles. The van der Waals surface area contributed by atoms with Crippen LogP contribution in [0.5, 0.6) is 0 Å². The van der Waals surface area contributed by atoms with Gasteiger partial charge in [0.1, 0.15) is 0 Å². The van der Waals surface area contributed by atoms with E-state index in [-0.39, 0.29) is 0 Å². The van der Waals surface area contributed by atoms with Crippen LogP contribution in [-0.2, 0) is 6.42 Å². The van der Waals surface area contributed by atoms with E-state index in [9.17, 15) is 0 Å². The topological polar surface area (TPSA) is 26.0 Å². The fourth-order valence-corrected chi connectivity index (χ4v) is 1.53. The Morgan fingerprint density at radius 3 is 2.54 bits per heavy atom. The summed E-state index contributed by atoms with van der Waals surface area (Å²) in [7, 11) is 0. The second-order valence-electron chi connectivity index (χ2n) is 3.97. The summed E-state index contributed by atoms with van der Waals surface area (Å²) < 4.78 is 0. The molecule has 0 amide bonds. The second kappa shape index (κ2) is 4.43. The number of aryl methyl sites for hydroxylation is 2. The lowest BCUT2D eigenvalue weighted by Gasteiger charge is -2.11. The van der Waals surface area contributed by atoms with Crippen molar-refractivity contribution in [1.82, 2.24) is 0 Å². The molecule has 0 radical (unpaired) electrons. The van der Waals surface area contributed by atoms with Crippen LogP contribution in [0, 0.1) is 19.8 Å². The lowest BCUT2D eigenvalue weighted by Crippen LogP contribution is -2.13. The molecule has 0 saturated heterocycles. The Morgan fingerprint density at radius 2 is 2.00 bits per heavy atom. The van der Waals surface area contributed by atoms with Gasteiger partial charge in [0, 0.05) is 0 Å². The molecular formula is C12H19N. The summed E-state index contributed by atoms with van der Waals surface area (Å²) in [5, 5.41) is 0. The number of hydrogen-bond acceptors (Lipinski definition) is 1. The van der Waals surface area contributed by atoms with Gasteiger partial charge in [-0.05, 0) is 43.9 Å². The van der Waals surface area contributed by atoms with Gasteiger partial charge < -0.3 is 5.73 Å². The van der Waals surface area contributed by atoms with Crippen LogP contribution in [-0.4, -0.2) is 6.54 Å². The number of rotatable bonds is 3. The minimum absolute atomic E-state index is 0.585.